The lowest BCUT2D eigenvalue weighted by Crippen LogP contribution is -2.44. The summed E-state index contributed by atoms with van der Waals surface area (Å²) in [6.07, 6.45) is -2.03. The maximum atomic E-state index is 13.8. The van der Waals surface area contributed by atoms with E-state index >= 15 is 0 Å². The Balaban J connectivity index is 1.38. The molecule has 5 rings (SSSR count). The molecule has 43 heavy (non-hydrogen) atoms. The van der Waals surface area contributed by atoms with Gasteiger partial charge in [-0.25, -0.2) is 0 Å². The summed E-state index contributed by atoms with van der Waals surface area (Å²) in [7, 11) is 1.53. The number of H-pyrrole nitrogens is 1. The average Bonchev–Trinajstić information content (AvgIpc) is 3.43. The molecule has 1 N–H and O–H groups in total. The summed E-state index contributed by atoms with van der Waals surface area (Å²) in [5.74, 6) is -0.618. The van der Waals surface area contributed by atoms with Gasteiger partial charge in [-0.1, -0.05) is 60.7 Å². The lowest BCUT2D eigenvalue weighted by molar-refractivity contribution is -0.137. The molecule has 0 unspecified atom stereocenters. The molecule has 5 aromatic rings. The molecular weight excluding hydrogens is 555 g/mol. The number of benzene rings is 4. The number of aromatic nitrogens is 1. The van der Waals surface area contributed by atoms with Crippen LogP contribution in [0.5, 0.6) is 0 Å². The number of hydrogen-bond acceptors (Lipinski definition) is 3. The van der Waals surface area contributed by atoms with Crippen LogP contribution in [0.25, 0.3) is 21.7 Å². The zero-order chi connectivity index (χ0) is 30.4. The molecule has 0 atom stereocenters. The molecule has 0 bridgehead atoms. The Labute approximate surface area is 247 Å². The molecule has 6 nitrogen and oxygen atoms in total. The third kappa shape index (κ3) is 7.24. The van der Waals surface area contributed by atoms with E-state index in [0.717, 1.165) is 39.4 Å². The third-order valence-corrected chi connectivity index (χ3v) is 7.51. The van der Waals surface area contributed by atoms with Crippen molar-refractivity contribution in [2.45, 2.75) is 19.1 Å². The van der Waals surface area contributed by atoms with Gasteiger partial charge in [0.15, 0.2) is 0 Å². The van der Waals surface area contributed by atoms with Gasteiger partial charge in [0.05, 0.1) is 12.2 Å². The number of halogens is 3. The van der Waals surface area contributed by atoms with Crippen LogP contribution in [-0.2, 0) is 28.7 Å². The largest absolute Gasteiger partial charge is 0.416 e. The molecule has 2 amide bonds. The minimum absolute atomic E-state index is 0.0988. The van der Waals surface area contributed by atoms with Crippen LogP contribution < -0.4 is 0 Å². The molecule has 1 heterocycles. The first kappa shape index (κ1) is 29.8. The van der Waals surface area contributed by atoms with Gasteiger partial charge in [0.1, 0.15) is 6.54 Å². The van der Waals surface area contributed by atoms with Gasteiger partial charge in [0.25, 0.3) is 5.91 Å². The molecule has 0 saturated heterocycles. The molecule has 0 aliphatic carbocycles. The van der Waals surface area contributed by atoms with Gasteiger partial charge < -0.3 is 19.5 Å². The van der Waals surface area contributed by atoms with Crippen LogP contribution in [0.15, 0.2) is 97.2 Å². The number of aromatic amines is 1. The molecule has 0 saturated carbocycles. The number of alkyl halides is 3. The topological polar surface area (TPSA) is 65.6 Å². The number of nitrogens with zero attached hydrogens (tertiary/aromatic N) is 2. The first-order valence-corrected chi connectivity index (χ1v) is 14.0. The van der Waals surface area contributed by atoms with Crippen LogP contribution >= 0.6 is 0 Å². The number of nitrogens with one attached hydrogen (secondary N) is 1. The predicted octanol–water partition coefficient (Wildman–Crippen LogP) is 6.70. The Morgan fingerprint density at radius 1 is 0.837 bits per heavy atom. The molecule has 0 radical (unpaired) electrons. The van der Waals surface area contributed by atoms with E-state index < -0.39 is 11.7 Å². The number of carbonyl (C=O) groups is 2. The first-order valence-electron chi connectivity index (χ1n) is 14.0. The van der Waals surface area contributed by atoms with Crippen molar-refractivity contribution in [2.24, 2.45) is 0 Å². The fraction of sp³-hybridized carbons (Fsp3) is 0.235. The highest BCUT2D eigenvalue weighted by atomic mass is 19.4. The minimum atomic E-state index is -4.45. The van der Waals surface area contributed by atoms with Crippen molar-refractivity contribution in [2.75, 3.05) is 33.4 Å². The van der Waals surface area contributed by atoms with E-state index in [4.69, 9.17) is 4.74 Å². The van der Waals surface area contributed by atoms with Gasteiger partial charge >= 0.3 is 6.18 Å². The molecule has 1 aromatic heterocycles. The van der Waals surface area contributed by atoms with Crippen LogP contribution in [0.1, 0.15) is 27.0 Å². The van der Waals surface area contributed by atoms with E-state index in [-0.39, 0.29) is 38.1 Å². The van der Waals surface area contributed by atoms with Crippen LogP contribution in [0.4, 0.5) is 13.2 Å². The highest BCUT2D eigenvalue weighted by Crippen LogP contribution is 2.29. The highest BCUT2D eigenvalue weighted by Gasteiger charge is 2.30. The predicted molar refractivity (Wildman–Crippen MR) is 161 cm³/mol. The van der Waals surface area contributed by atoms with Crippen molar-refractivity contribution < 1.29 is 27.5 Å². The summed E-state index contributed by atoms with van der Waals surface area (Å²) in [4.78, 5) is 33.7. The molecule has 9 heteroatoms. The van der Waals surface area contributed by atoms with E-state index in [0.29, 0.717) is 24.1 Å². The second-order valence-electron chi connectivity index (χ2n) is 10.4. The summed E-state index contributed by atoms with van der Waals surface area (Å²) in [6, 6.07) is 25.8. The fourth-order valence-electron chi connectivity index (χ4n) is 5.13. The Kier molecular flexibility index (Phi) is 9.11. The summed E-state index contributed by atoms with van der Waals surface area (Å²) in [6.45, 7) is 0.639. The first-order chi connectivity index (χ1) is 20.7. The van der Waals surface area contributed by atoms with Crippen molar-refractivity contribution in [1.82, 2.24) is 14.8 Å². The lowest BCUT2D eigenvalue weighted by atomic mass is 10.1. The summed E-state index contributed by atoms with van der Waals surface area (Å²) >= 11 is 0. The number of carbonyl (C=O) groups excluding carboxylic acids is 2. The monoisotopic (exact) mass is 587 g/mol. The lowest BCUT2D eigenvalue weighted by Gasteiger charge is -2.28. The normalized spacial score (nSPS) is 11.6. The van der Waals surface area contributed by atoms with Gasteiger partial charge in [0.2, 0.25) is 5.91 Å². The van der Waals surface area contributed by atoms with E-state index in [9.17, 15) is 22.8 Å². The number of methoxy groups -OCH3 is 1. The Morgan fingerprint density at radius 2 is 1.56 bits per heavy atom. The highest BCUT2D eigenvalue weighted by molar-refractivity contribution is 6.00. The molecule has 0 aliphatic rings. The zero-order valence-corrected chi connectivity index (χ0v) is 23.7. The van der Waals surface area contributed by atoms with E-state index in [1.54, 1.807) is 17.0 Å². The molecule has 4 aromatic carbocycles. The van der Waals surface area contributed by atoms with Crippen LogP contribution in [-0.4, -0.2) is 59.9 Å². The number of para-hydroxylation sites is 1. The van der Waals surface area contributed by atoms with Crippen molar-refractivity contribution in [3.05, 3.63) is 119 Å². The quantitative estimate of drug-likeness (QED) is 0.187. The smallest absolute Gasteiger partial charge is 0.383 e. The SMILES string of the molecule is COCCN(CC(=O)N(CCc1c[nH]c2ccccc12)Cc1ccc(C(F)(F)F)cc1)C(=O)c1ccc2ccccc2c1. The van der Waals surface area contributed by atoms with Crippen molar-refractivity contribution in [3.63, 3.8) is 0 Å². The Morgan fingerprint density at radius 3 is 2.30 bits per heavy atom. The fourth-order valence-corrected chi connectivity index (χ4v) is 5.13. The van der Waals surface area contributed by atoms with Gasteiger partial charge in [-0.05, 0) is 58.7 Å². The molecular formula is C34H32F3N3O3. The number of ether oxygens (including phenoxy) is 1. The maximum absolute atomic E-state index is 13.8. The summed E-state index contributed by atoms with van der Waals surface area (Å²) < 4.78 is 44.7. The van der Waals surface area contributed by atoms with Crippen molar-refractivity contribution >= 4 is 33.5 Å². The second-order valence-corrected chi connectivity index (χ2v) is 10.4. The molecule has 0 aliphatic heterocycles. The van der Waals surface area contributed by atoms with Crippen LogP contribution in [0.3, 0.4) is 0 Å². The van der Waals surface area contributed by atoms with Crippen LogP contribution in [0.2, 0.25) is 0 Å². The summed E-state index contributed by atoms with van der Waals surface area (Å²) in [5.41, 5.74) is 2.26. The van der Waals surface area contributed by atoms with Gasteiger partial charge in [-0.15, -0.1) is 0 Å². The van der Waals surface area contributed by atoms with E-state index in [2.05, 4.69) is 4.98 Å². The number of amides is 2. The average molecular weight is 588 g/mol. The van der Waals surface area contributed by atoms with E-state index in [1.807, 2.05) is 60.8 Å². The number of rotatable bonds is 11. The number of fused-ring (bicyclic) bond motifs is 2. The summed E-state index contributed by atoms with van der Waals surface area (Å²) in [5, 5.41) is 2.95. The molecule has 222 valence electrons. The molecule has 0 fully saturated rings. The van der Waals surface area contributed by atoms with Crippen LogP contribution in [0, 0.1) is 0 Å². The number of hydrogen-bond donors (Lipinski definition) is 1. The third-order valence-electron chi connectivity index (χ3n) is 7.51. The molecule has 0 spiro atoms. The Bertz CT molecular complexity index is 1710. The van der Waals surface area contributed by atoms with Crippen molar-refractivity contribution in [1.29, 1.82) is 0 Å². The van der Waals surface area contributed by atoms with Gasteiger partial charge in [0, 0.05) is 49.4 Å². The second kappa shape index (κ2) is 13.1. The maximum Gasteiger partial charge on any atom is 0.416 e. The van der Waals surface area contributed by atoms with Gasteiger partial charge in [-0.2, -0.15) is 13.2 Å². The Hall–Kier alpha value is -4.63. The standard InChI is InChI=1S/C34H32F3N3O3/c1-43-19-18-40(33(42)27-13-12-25-6-2-3-7-26(25)20-27)23-32(41)39(22-24-10-14-29(15-11-24)34(35,36)37)17-16-28-21-38-31-9-5-4-8-30(28)31/h2-15,20-21,38H,16-19,22-23H2,1H3. The van der Waals surface area contributed by atoms with Crippen molar-refractivity contribution in [3.8, 4) is 0 Å². The minimum Gasteiger partial charge on any atom is -0.383 e. The zero-order valence-electron chi connectivity index (χ0n) is 23.7. The van der Waals surface area contributed by atoms with E-state index in [1.165, 1.54) is 24.1 Å². The van der Waals surface area contributed by atoms with Gasteiger partial charge in [-0.3, -0.25) is 9.59 Å².